The number of aromatic hydroxyl groups is 1. The molecule has 0 saturated heterocycles. The Kier molecular flexibility index (Phi) is 4.30. The summed E-state index contributed by atoms with van der Waals surface area (Å²) in [6, 6.07) is 8.15. The second-order valence-electron chi connectivity index (χ2n) is 4.95. The molecule has 2 aromatic rings. The van der Waals surface area contributed by atoms with Crippen molar-refractivity contribution in [3.05, 3.63) is 51.5 Å². The number of hydrogen-bond acceptors (Lipinski definition) is 3. The first-order chi connectivity index (χ1) is 9.72. The molecule has 0 atom stereocenters. The van der Waals surface area contributed by atoms with Crippen LogP contribution in [0.2, 0.25) is 0 Å². The Balaban J connectivity index is 2.47. The number of sulfonamides is 1. The first kappa shape index (κ1) is 15.9. The van der Waals surface area contributed by atoms with Gasteiger partial charge in [0, 0.05) is 0 Å². The van der Waals surface area contributed by atoms with Crippen molar-refractivity contribution >= 4 is 31.6 Å². The normalized spacial score (nSPS) is 11.4. The molecule has 4 nitrogen and oxygen atoms in total. The van der Waals surface area contributed by atoms with Crippen molar-refractivity contribution in [1.29, 1.82) is 0 Å². The highest BCUT2D eigenvalue weighted by Gasteiger charge is 2.18. The van der Waals surface area contributed by atoms with E-state index in [1.54, 1.807) is 38.1 Å². The largest absolute Gasteiger partial charge is 0.507 e. The lowest BCUT2D eigenvalue weighted by Gasteiger charge is -2.15. The fourth-order valence-corrected chi connectivity index (χ4v) is 3.51. The zero-order valence-electron chi connectivity index (χ0n) is 11.9. The number of aryl methyl sites for hydroxylation is 2. The number of hydrogen-bond donors (Lipinski definition) is 2. The molecule has 0 aliphatic heterocycles. The van der Waals surface area contributed by atoms with Crippen LogP contribution in [0.3, 0.4) is 0 Å². The quantitative estimate of drug-likeness (QED) is 0.806. The van der Waals surface area contributed by atoms with Gasteiger partial charge < -0.3 is 5.11 Å². The van der Waals surface area contributed by atoms with Crippen molar-refractivity contribution < 1.29 is 13.5 Å². The van der Waals surface area contributed by atoms with Gasteiger partial charge >= 0.3 is 0 Å². The van der Waals surface area contributed by atoms with E-state index in [4.69, 9.17) is 0 Å². The van der Waals surface area contributed by atoms with Gasteiger partial charge in [-0.05, 0) is 66.0 Å². The van der Waals surface area contributed by atoms with Gasteiger partial charge in [0.2, 0.25) is 0 Å². The minimum atomic E-state index is -3.66. The first-order valence-electron chi connectivity index (χ1n) is 6.30. The Bertz CT molecular complexity index is 784. The number of anilines is 1. The minimum Gasteiger partial charge on any atom is -0.507 e. The molecule has 0 unspecified atom stereocenters. The van der Waals surface area contributed by atoms with Crippen molar-refractivity contribution in [2.45, 2.75) is 25.7 Å². The maximum absolute atomic E-state index is 12.4. The highest BCUT2D eigenvalue weighted by molar-refractivity contribution is 9.10. The van der Waals surface area contributed by atoms with E-state index in [1.807, 2.05) is 6.92 Å². The highest BCUT2D eigenvalue weighted by atomic mass is 79.9. The summed E-state index contributed by atoms with van der Waals surface area (Å²) in [5, 5.41) is 9.73. The molecule has 0 fully saturated rings. The van der Waals surface area contributed by atoms with Crippen LogP contribution in [0.15, 0.2) is 39.7 Å². The van der Waals surface area contributed by atoms with Crippen molar-refractivity contribution in [2.24, 2.45) is 0 Å². The number of benzene rings is 2. The van der Waals surface area contributed by atoms with Gasteiger partial charge in [-0.1, -0.05) is 17.7 Å². The summed E-state index contributed by atoms with van der Waals surface area (Å²) in [6.07, 6.45) is 0. The highest BCUT2D eigenvalue weighted by Crippen LogP contribution is 2.36. The molecule has 0 spiro atoms. The average molecular weight is 370 g/mol. The zero-order valence-corrected chi connectivity index (χ0v) is 14.3. The molecule has 112 valence electrons. The maximum atomic E-state index is 12.4. The fourth-order valence-electron chi connectivity index (χ4n) is 2.01. The van der Waals surface area contributed by atoms with E-state index >= 15 is 0 Å². The van der Waals surface area contributed by atoms with Crippen molar-refractivity contribution in [2.75, 3.05) is 4.72 Å². The molecule has 2 N–H and O–H groups in total. The summed E-state index contributed by atoms with van der Waals surface area (Å²) in [5.41, 5.74) is 2.76. The third-order valence-electron chi connectivity index (χ3n) is 3.24. The monoisotopic (exact) mass is 369 g/mol. The number of halogens is 1. The Labute approximate surface area is 133 Å². The van der Waals surface area contributed by atoms with Gasteiger partial charge in [-0.2, -0.15) is 0 Å². The minimum absolute atomic E-state index is 0.0864. The van der Waals surface area contributed by atoms with E-state index in [9.17, 15) is 13.5 Å². The summed E-state index contributed by atoms with van der Waals surface area (Å²) in [6.45, 7) is 5.38. The van der Waals surface area contributed by atoms with E-state index in [2.05, 4.69) is 20.7 Å². The average Bonchev–Trinajstić information content (AvgIpc) is 2.42. The Morgan fingerprint density at radius 1 is 1.10 bits per heavy atom. The Morgan fingerprint density at radius 3 is 2.24 bits per heavy atom. The molecule has 21 heavy (non-hydrogen) atoms. The van der Waals surface area contributed by atoms with Crippen LogP contribution >= 0.6 is 15.9 Å². The predicted molar refractivity (Wildman–Crippen MR) is 87.3 cm³/mol. The maximum Gasteiger partial charge on any atom is 0.261 e. The Morgan fingerprint density at radius 2 is 1.67 bits per heavy atom. The van der Waals surface area contributed by atoms with Crippen LogP contribution < -0.4 is 4.72 Å². The zero-order chi connectivity index (χ0) is 15.8. The van der Waals surface area contributed by atoms with E-state index in [1.165, 1.54) is 6.07 Å². The van der Waals surface area contributed by atoms with Gasteiger partial charge in [0.05, 0.1) is 15.1 Å². The van der Waals surface area contributed by atoms with Crippen molar-refractivity contribution in [3.8, 4) is 5.75 Å². The molecular formula is C15H16BrNO3S. The molecule has 2 aromatic carbocycles. The molecule has 6 heteroatoms. The number of rotatable bonds is 3. The van der Waals surface area contributed by atoms with Gasteiger partial charge in [0.15, 0.2) is 0 Å². The van der Waals surface area contributed by atoms with E-state index in [0.29, 0.717) is 21.3 Å². The number of phenolic OH excluding ortho intramolecular Hbond substituents is 1. The van der Waals surface area contributed by atoms with E-state index in [-0.39, 0.29) is 10.6 Å². The molecule has 0 aliphatic rings. The number of phenols is 1. The lowest BCUT2D eigenvalue weighted by atomic mass is 10.1. The second-order valence-corrected chi connectivity index (χ2v) is 7.42. The first-order valence-corrected chi connectivity index (χ1v) is 8.58. The smallest absolute Gasteiger partial charge is 0.261 e. The summed E-state index contributed by atoms with van der Waals surface area (Å²) in [5.74, 6) is 0.0864. The van der Waals surface area contributed by atoms with Crippen molar-refractivity contribution in [1.82, 2.24) is 0 Å². The van der Waals surface area contributed by atoms with Crippen molar-refractivity contribution in [3.63, 3.8) is 0 Å². The molecule has 0 aromatic heterocycles. The molecule has 0 bridgehead atoms. The third-order valence-corrected chi connectivity index (χ3v) is 5.61. The lowest BCUT2D eigenvalue weighted by Crippen LogP contribution is -2.14. The van der Waals surface area contributed by atoms with Crippen LogP contribution in [0, 0.1) is 20.8 Å². The molecule has 2 rings (SSSR count). The molecule has 0 amide bonds. The molecule has 0 heterocycles. The van der Waals surface area contributed by atoms with E-state index in [0.717, 1.165) is 5.56 Å². The summed E-state index contributed by atoms with van der Waals surface area (Å²) < 4.78 is 27.9. The van der Waals surface area contributed by atoms with Gasteiger partial charge in [-0.3, -0.25) is 4.72 Å². The fraction of sp³-hybridized carbons (Fsp3) is 0.200. The topological polar surface area (TPSA) is 66.4 Å². The standard InChI is InChI=1S/C15H16BrNO3S/c1-9-4-6-12(7-5-9)21(19,20)17-15-10(2)8-13(18)14(16)11(15)3/h4-8,17-18H,1-3H3. The number of nitrogens with one attached hydrogen (secondary N) is 1. The van der Waals surface area contributed by atoms with Crippen LogP contribution in [0.1, 0.15) is 16.7 Å². The SMILES string of the molecule is Cc1ccc(S(=O)(=O)Nc2c(C)cc(O)c(Br)c2C)cc1. The van der Waals surface area contributed by atoms with Crippen LogP contribution in [-0.4, -0.2) is 13.5 Å². The Hall–Kier alpha value is -1.53. The van der Waals surface area contributed by atoms with E-state index < -0.39 is 10.0 Å². The molecular weight excluding hydrogens is 354 g/mol. The van der Waals surface area contributed by atoms with Gasteiger partial charge in [0.25, 0.3) is 10.0 Å². The summed E-state index contributed by atoms with van der Waals surface area (Å²) in [7, 11) is -3.66. The van der Waals surface area contributed by atoms with Crippen LogP contribution in [0.4, 0.5) is 5.69 Å². The molecule has 0 saturated carbocycles. The molecule has 0 radical (unpaired) electrons. The predicted octanol–water partition coefficient (Wildman–Crippen LogP) is 3.88. The summed E-state index contributed by atoms with van der Waals surface area (Å²) in [4.78, 5) is 0.205. The van der Waals surface area contributed by atoms with Gasteiger partial charge in [0.1, 0.15) is 5.75 Å². The third kappa shape index (κ3) is 3.22. The van der Waals surface area contributed by atoms with Gasteiger partial charge in [-0.15, -0.1) is 0 Å². The lowest BCUT2D eigenvalue weighted by molar-refractivity contribution is 0.471. The van der Waals surface area contributed by atoms with Crippen LogP contribution in [0.25, 0.3) is 0 Å². The molecule has 0 aliphatic carbocycles. The second kappa shape index (κ2) is 5.69. The summed E-state index contributed by atoms with van der Waals surface area (Å²) >= 11 is 3.25. The van der Waals surface area contributed by atoms with Gasteiger partial charge in [-0.25, -0.2) is 8.42 Å². The van der Waals surface area contributed by atoms with Crippen LogP contribution in [0.5, 0.6) is 5.75 Å². The van der Waals surface area contributed by atoms with Crippen LogP contribution in [-0.2, 0) is 10.0 Å².